The largest absolute Gasteiger partial charge is 0.870 e. The van der Waals surface area contributed by atoms with E-state index < -0.39 is 0 Å². The lowest BCUT2D eigenvalue weighted by molar-refractivity contribution is -0.670. The lowest BCUT2D eigenvalue weighted by Crippen LogP contribution is -2.23. The van der Waals surface area contributed by atoms with Gasteiger partial charge in [-0.3, -0.25) is 0 Å². The Morgan fingerprint density at radius 2 is 2.08 bits per heavy atom. The summed E-state index contributed by atoms with van der Waals surface area (Å²) in [5, 5.41) is 11.4. The highest BCUT2D eigenvalue weighted by atomic mass is 16.3. The van der Waals surface area contributed by atoms with Crippen molar-refractivity contribution in [3.8, 4) is 11.4 Å². The predicted octanol–water partition coefficient (Wildman–Crippen LogP) is 0.375. The van der Waals surface area contributed by atoms with Gasteiger partial charge in [-0.05, 0) is 6.07 Å². The molecule has 0 spiro atoms. The highest BCUT2D eigenvalue weighted by Gasteiger charge is 2.02. The molecule has 1 aromatic carbocycles. The molecule has 66 valence electrons. The number of rotatable bonds is 1. The Hall–Kier alpha value is -1.77. The van der Waals surface area contributed by atoms with Crippen molar-refractivity contribution in [2.75, 3.05) is 0 Å². The van der Waals surface area contributed by atoms with E-state index in [1.807, 2.05) is 47.0 Å². The number of aromatic nitrogens is 2. The quantitative estimate of drug-likeness (QED) is 0.575. The van der Waals surface area contributed by atoms with E-state index in [0.29, 0.717) is 5.69 Å². The molecule has 13 heavy (non-hydrogen) atoms. The molecule has 2 aromatic rings. The Morgan fingerprint density at radius 3 is 2.69 bits per heavy atom. The fourth-order valence-electron chi connectivity index (χ4n) is 1.26. The van der Waals surface area contributed by atoms with Crippen LogP contribution in [0, 0.1) is 0 Å². The monoisotopic (exact) mass is 174 g/mol. The summed E-state index contributed by atoms with van der Waals surface area (Å²) >= 11 is 0. The maximum absolute atomic E-state index is 11.4. The van der Waals surface area contributed by atoms with Crippen molar-refractivity contribution in [3.05, 3.63) is 43.0 Å². The minimum absolute atomic E-state index is 0.0405. The molecule has 3 heteroatoms. The van der Waals surface area contributed by atoms with Crippen LogP contribution < -0.4 is 9.67 Å². The van der Waals surface area contributed by atoms with Crippen molar-refractivity contribution in [1.82, 2.24) is 4.57 Å². The number of aryl methyl sites for hydroxylation is 1. The maximum Gasteiger partial charge on any atom is 0.248 e. The summed E-state index contributed by atoms with van der Waals surface area (Å²) in [6.07, 6.45) is 5.61. The Balaban J connectivity index is 2.52. The number of nitrogens with zero attached hydrogens (tertiary/aromatic N) is 2. The van der Waals surface area contributed by atoms with Crippen LogP contribution in [0.4, 0.5) is 0 Å². The first-order valence-corrected chi connectivity index (χ1v) is 4.07. The van der Waals surface area contributed by atoms with Crippen LogP contribution in [0.25, 0.3) is 5.69 Å². The second-order valence-corrected chi connectivity index (χ2v) is 2.95. The lowest BCUT2D eigenvalue weighted by Gasteiger charge is -2.07. The van der Waals surface area contributed by atoms with Crippen LogP contribution in [-0.4, -0.2) is 4.57 Å². The first-order valence-electron chi connectivity index (χ1n) is 4.07. The van der Waals surface area contributed by atoms with E-state index in [9.17, 15) is 5.11 Å². The van der Waals surface area contributed by atoms with Gasteiger partial charge in [-0.15, -0.1) is 0 Å². The van der Waals surface area contributed by atoms with Crippen LogP contribution >= 0.6 is 0 Å². The minimum atomic E-state index is 0.0405. The number of imidazole rings is 1. The molecule has 0 amide bonds. The summed E-state index contributed by atoms with van der Waals surface area (Å²) in [4.78, 5) is 0. The standard InChI is InChI=1S/C10H10N2O/c1-11-6-7-12(8-11)9-4-2-3-5-10(9)13/h2-8H,1H3. The van der Waals surface area contributed by atoms with Crippen LogP contribution in [0.15, 0.2) is 43.0 Å². The SMILES string of the molecule is C[n+]1ccn(-c2ccccc2[O-])c1. The fourth-order valence-corrected chi connectivity index (χ4v) is 1.26. The average molecular weight is 174 g/mol. The molecular formula is C10H10N2O. The molecule has 0 fully saturated rings. The Morgan fingerprint density at radius 1 is 1.31 bits per heavy atom. The molecule has 0 saturated carbocycles. The van der Waals surface area contributed by atoms with Gasteiger partial charge >= 0.3 is 0 Å². The van der Waals surface area contributed by atoms with Gasteiger partial charge in [-0.1, -0.05) is 23.9 Å². The summed E-state index contributed by atoms with van der Waals surface area (Å²) in [6.45, 7) is 0. The number of para-hydroxylation sites is 2. The molecule has 3 nitrogen and oxygen atoms in total. The van der Waals surface area contributed by atoms with Gasteiger partial charge in [0.15, 0.2) is 0 Å². The van der Waals surface area contributed by atoms with Crippen molar-refractivity contribution in [3.63, 3.8) is 0 Å². The third-order valence-electron chi connectivity index (χ3n) is 1.91. The van der Waals surface area contributed by atoms with Gasteiger partial charge in [0.05, 0.1) is 7.05 Å². The van der Waals surface area contributed by atoms with Gasteiger partial charge in [0.2, 0.25) is 6.33 Å². The molecule has 0 N–H and O–H groups in total. The maximum atomic E-state index is 11.4. The van der Waals surface area contributed by atoms with Gasteiger partial charge in [0.25, 0.3) is 0 Å². The number of benzene rings is 1. The predicted molar refractivity (Wildman–Crippen MR) is 46.4 cm³/mol. The molecule has 0 unspecified atom stereocenters. The van der Waals surface area contributed by atoms with Gasteiger partial charge < -0.3 is 5.11 Å². The van der Waals surface area contributed by atoms with Gasteiger partial charge in [-0.2, -0.15) is 0 Å². The highest BCUT2D eigenvalue weighted by Crippen LogP contribution is 2.16. The highest BCUT2D eigenvalue weighted by molar-refractivity contribution is 5.43. The molecule has 0 atom stereocenters. The van der Waals surface area contributed by atoms with E-state index in [1.54, 1.807) is 12.1 Å². The van der Waals surface area contributed by atoms with E-state index in [0.717, 1.165) is 0 Å². The molecule has 0 radical (unpaired) electrons. The third-order valence-corrected chi connectivity index (χ3v) is 1.91. The zero-order valence-electron chi connectivity index (χ0n) is 7.34. The van der Waals surface area contributed by atoms with E-state index >= 15 is 0 Å². The van der Waals surface area contributed by atoms with Crippen LogP contribution in [0.1, 0.15) is 0 Å². The molecule has 0 bridgehead atoms. The number of hydrogen-bond donors (Lipinski definition) is 0. The summed E-state index contributed by atoms with van der Waals surface area (Å²) in [6, 6.07) is 6.98. The first-order chi connectivity index (χ1) is 6.27. The molecular weight excluding hydrogens is 164 g/mol. The molecule has 0 aliphatic carbocycles. The summed E-state index contributed by atoms with van der Waals surface area (Å²) in [7, 11) is 1.92. The lowest BCUT2D eigenvalue weighted by atomic mass is 10.3. The first kappa shape index (κ1) is 7.86. The van der Waals surface area contributed by atoms with E-state index in [1.165, 1.54) is 0 Å². The van der Waals surface area contributed by atoms with Crippen LogP contribution in [-0.2, 0) is 7.05 Å². The van der Waals surface area contributed by atoms with Crippen molar-refractivity contribution < 1.29 is 9.67 Å². The van der Waals surface area contributed by atoms with Crippen molar-refractivity contribution in [2.45, 2.75) is 0 Å². The third kappa shape index (κ3) is 1.40. The zero-order valence-corrected chi connectivity index (χ0v) is 7.34. The summed E-state index contributed by atoms with van der Waals surface area (Å²) < 4.78 is 3.70. The van der Waals surface area contributed by atoms with E-state index in [-0.39, 0.29) is 5.75 Å². The fraction of sp³-hybridized carbons (Fsp3) is 0.100. The van der Waals surface area contributed by atoms with Crippen LogP contribution in [0.5, 0.6) is 5.75 Å². The molecule has 0 aliphatic rings. The van der Waals surface area contributed by atoms with Gasteiger partial charge in [0.1, 0.15) is 18.1 Å². The Bertz CT molecular complexity index is 420. The summed E-state index contributed by atoms with van der Waals surface area (Å²) in [5.41, 5.74) is 0.683. The van der Waals surface area contributed by atoms with Gasteiger partial charge in [-0.25, -0.2) is 9.13 Å². The van der Waals surface area contributed by atoms with E-state index in [2.05, 4.69) is 0 Å². The number of hydrogen-bond acceptors (Lipinski definition) is 1. The Labute approximate surface area is 76.5 Å². The zero-order chi connectivity index (χ0) is 9.26. The molecule has 0 aliphatic heterocycles. The second-order valence-electron chi connectivity index (χ2n) is 2.95. The van der Waals surface area contributed by atoms with Crippen molar-refractivity contribution in [1.29, 1.82) is 0 Å². The van der Waals surface area contributed by atoms with Crippen molar-refractivity contribution in [2.24, 2.45) is 7.05 Å². The second kappa shape index (κ2) is 2.94. The van der Waals surface area contributed by atoms with Crippen LogP contribution in [0.2, 0.25) is 0 Å². The smallest absolute Gasteiger partial charge is 0.248 e. The molecule has 1 aromatic heterocycles. The molecule has 1 heterocycles. The Kier molecular flexibility index (Phi) is 1.77. The molecule has 2 rings (SSSR count). The van der Waals surface area contributed by atoms with Crippen molar-refractivity contribution >= 4 is 0 Å². The molecule has 0 saturated heterocycles. The van der Waals surface area contributed by atoms with Crippen LogP contribution in [0.3, 0.4) is 0 Å². The van der Waals surface area contributed by atoms with E-state index in [4.69, 9.17) is 0 Å². The summed E-state index contributed by atoms with van der Waals surface area (Å²) in [5.74, 6) is 0.0405. The van der Waals surface area contributed by atoms with Gasteiger partial charge in [0, 0.05) is 0 Å². The minimum Gasteiger partial charge on any atom is -0.870 e. The topological polar surface area (TPSA) is 31.9 Å². The average Bonchev–Trinajstić information content (AvgIpc) is 2.53. The normalized spacial score (nSPS) is 10.2.